The lowest BCUT2D eigenvalue weighted by atomic mass is 10.2. The van der Waals surface area contributed by atoms with Gasteiger partial charge in [0, 0.05) is 55.2 Å². The van der Waals surface area contributed by atoms with Gasteiger partial charge in [0.15, 0.2) is 0 Å². The number of aryl methyl sites for hydroxylation is 1. The number of piperazine rings is 1. The van der Waals surface area contributed by atoms with Crippen LogP contribution in [0.5, 0.6) is 0 Å². The van der Waals surface area contributed by atoms with E-state index in [0.29, 0.717) is 0 Å². The molecule has 1 aromatic carbocycles. The fraction of sp³-hybridized carbons (Fsp3) is 0.375. The lowest BCUT2D eigenvalue weighted by Gasteiger charge is -2.35. The molecule has 5 nitrogen and oxygen atoms in total. The Balaban J connectivity index is 1.65. The standard InChI is InChI=1S/C16H19BrN4O/c1-2-19-7-6-18-16(19)21-10-8-20(9-11-21)15(22)13-4-3-5-14(17)12-13/h3-7,12H,2,8-11H2,1H3. The van der Waals surface area contributed by atoms with Crippen LogP contribution in [0.2, 0.25) is 0 Å². The third-order valence-corrected chi connectivity index (χ3v) is 4.45. The van der Waals surface area contributed by atoms with E-state index in [1.165, 1.54) is 0 Å². The molecule has 1 saturated heterocycles. The number of amides is 1. The molecule has 0 aliphatic carbocycles. The van der Waals surface area contributed by atoms with Crippen molar-refractivity contribution < 1.29 is 4.79 Å². The van der Waals surface area contributed by atoms with Gasteiger partial charge in [-0.15, -0.1) is 0 Å². The van der Waals surface area contributed by atoms with Crippen LogP contribution in [0.4, 0.5) is 5.95 Å². The minimum Gasteiger partial charge on any atom is -0.339 e. The number of hydrogen-bond donors (Lipinski definition) is 0. The Morgan fingerprint density at radius 3 is 2.73 bits per heavy atom. The van der Waals surface area contributed by atoms with E-state index < -0.39 is 0 Å². The molecular formula is C16H19BrN4O. The molecule has 1 amide bonds. The third-order valence-electron chi connectivity index (χ3n) is 3.96. The Morgan fingerprint density at radius 2 is 2.05 bits per heavy atom. The van der Waals surface area contributed by atoms with Crippen molar-refractivity contribution in [3.05, 3.63) is 46.7 Å². The first kappa shape index (κ1) is 15.1. The van der Waals surface area contributed by atoms with Crippen molar-refractivity contribution in [2.24, 2.45) is 0 Å². The van der Waals surface area contributed by atoms with Crippen molar-refractivity contribution in [2.75, 3.05) is 31.1 Å². The smallest absolute Gasteiger partial charge is 0.254 e. The SMILES string of the molecule is CCn1ccnc1N1CCN(C(=O)c2cccc(Br)c2)CC1. The topological polar surface area (TPSA) is 41.4 Å². The van der Waals surface area contributed by atoms with Crippen LogP contribution in [-0.2, 0) is 6.54 Å². The first-order valence-corrected chi connectivity index (χ1v) is 8.29. The van der Waals surface area contributed by atoms with Crippen molar-refractivity contribution in [3.8, 4) is 0 Å². The highest BCUT2D eigenvalue weighted by molar-refractivity contribution is 9.10. The number of anilines is 1. The molecule has 2 aromatic rings. The first-order chi connectivity index (χ1) is 10.7. The molecule has 0 N–H and O–H groups in total. The molecular weight excluding hydrogens is 344 g/mol. The Hall–Kier alpha value is -1.82. The van der Waals surface area contributed by atoms with Crippen molar-refractivity contribution >= 4 is 27.8 Å². The van der Waals surface area contributed by atoms with Crippen LogP contribution in [0, 0.1) is 0 Å². The van der Waals surface area contributed by atoms with Crippen LogP contribution in [0.15, 0.2) is 41.1 Å². The molecule has 22 heavy (non-hydrogen) atoms. The molecule has 116 valence electrons. The van der Waals surface area contributed by atoms with Gasteiger partial charge in [-0.1, -0.05) is 22.0 Å². The number of carbonyl (C=O) groups excluding carboxylic acids is 1. The molecule has 0 unspecified atom stereocenters. The second-order valence-corrected chi connectivity index (χ2v) is 6.22. The van der Waals surface area contributed by atoms with E-state index in [1.807, 2.05) is 41.6 Å². The normalized spacial score (nSPS) is 15.2. The molecule has 0 atom stereocenters. The molecule has 2 heterocycles. The number of carbonyl (C=O) groups is 1. The maximum atomic E-state index is 12.5. The van der Waals surface area contributed by atoms with E-state index in [4.69, 9.17) is 0 Å². The van der Waals surface area contributed by atoms with E-state index in [2.05, 4.69) is 37.3 Å². The van der Waals surface area contributed by atoms with E-state index in [9.17, 15) is 4.79 Å². The number of halogens is 1. The third kappa shape index (κ3) is 3.02. The molecule has 0 bridgehead atoms. The zero-order chi connectivity index (χ0) is 15.5. The summed E-state index contributed by atoms with van der Waals surface area (Å²) in [6.07, 6.45) is 3.83. The number of nitrogens with zero attached hydrogens (tertiary/aromatic N) is 4. The van der Waals surface area contributed by atoms with E-state index in [1.54, 1.807) is 0 Å². The first-order valence-electron chi connectivity index (χ1n) is 7.50. The summed E-state index contributed by atoms with van der Waals surface area (Å²) in [6, 6.07) is 7.56. The van der Waals surface area contributed by atoms with Gasteiger partial charge in [-0.2, -0.15) is 0 Å². The molecule has 1 aromatic heterocycles. The predicted octanol–water partition coefficient (Wildman–Crippen LogP) is 2.63. The Morgan fingerprint density at radius 1 is 1.27 bits per heavy atom. The molecule has 1 aliphatic rings. The summed E-state index contributed by atoms with van der Waals surface area (Å²) in [6.45, 7) is 6.10. The lowest BCUT2D eigenvalue weighted by molar-refractivity contribution is 0.0746. The van der Waals surface area contributed by atoms with Crippen LogP contribution < -0.4 is 4.90 Å². The van der Waals surface area contributed by atoms with Crippen molar-refractivity contribution in [1.82, 2.24) is 14.5 Å². The highest BCUT2D eigenvalue weighted by atomic mass is 79.9. The van der Waals surface area contributed by atoms with Crippen LogP contribution in [-0.4, -0.2) is 46.5 Å². The monoisotopic (exact) mass is 362 g/mol. The minimum absolute atomic E-state index is 0.0970. The van der Waals surface area contributed by atoms with Crippen LogP contribution >= 0.6 is 15.9 Å². The lowest BCUT2D eigenvalue weighted by Crippen LogP contribution is -2.49. The quantitative estimate of drug-likeness (QED) is 0.842. The van der Waals surface area contributed by atoms with Crippen LogP contribution in [0.3, 0.4) is 0 Å². The summed E-state index contributed by atoms with van der Waals surface area (Å²) in [5.74, 6) is 1.09. The van der Waals surface area contributed by atoms with Gasteiger partial charge in [0.2, 0.25) is 5.95 Å². The average Bonchev–Trinajstić information content (AvgIpc) is 3.03. The molecule has 1 fully saturated rings. The van der Waals surface area contributed by atoms with Crippen molar-refractivity contribution in [2.45, 2.75) is 13.5 Å². The number of imidazole rings is 1. The van der Waals surface area contributed by atoms with Gasteiger partial charge in [-0.25, -0.2) is 4.98 Å². The average molecular weight is 363 g/mol. The highest BCUT2D eigenvalue weighted by Crippen LogP contribution is 2.17. The zero-order valence-electron chi connectivity index (χ0n) is 12.6. The summed E-state index contributed by atoms with van der Waals surface area (Å²) in [4.78, 5) is 21.1. The largest absolute Gasteiger partial charge is 0.339 e. The summed E-state index contributed by atoms with van der Waals surface area (Å²) >= 11 is 3.42. The molecule has 0 spiro atoms. The number of aromatic nitrogens is 2. The summed E-state index contributed by atoms with van der Waals surface area (Å²) in [7, 11) is 0. The number of benzene rings is 1. The van der Waals surface area contributed by atoms with Crippen LogP contribution in [0.1, 0.15) is 17.3 Å². The van der Waals surface area contributed by atoms with Crippen LogP contribution in [0.25, 0.3) is 0 Å². The van der Waals surface area contributed by atoms with Gasteiger partial charge in [0.25, 0.3) is 5.91 Å². The molecule has 3 rings (SSSR count). The highest BCUT2D eigenvalue weighted by Gasteiger charge is 2.24. The summed E-state index contributed by atoms with van der Waals surface area (Å²) in [5, 5.41) is 0. The fourth-order valence-corrected chi connectivity index (χ4v) is 3.14. The van der Waals surface area contributed by atoms with E-state index in [0.717, 1.165) is 48.7 Å². The maximum Gasteiger partial charge on any atom is 0.254 e. The van der Waals surface area contributed by atoms with E-state index >= 15 is 0 Å². The number of hydrogen-bond acceptors (Lipinski definition) is 3. The summed E-state index contributed by atoms with van der Waals surface area (Å²) < 4.78 is 3.06. The Labute approximate surface area is 138 Å². The minimum atomic E-state index is 0.0970. The zero-order valence-corrected chi connectivity index (χ0v) is 14.2. The maximum absolute atomic E-state index is 12.5. The Kier molecular flexibility index (Phi) is 4.47. The molecule has 6 heteroatoms. The van der Waals surface area contributed by atoms with Gasteiger partial charge in [0.1, 0.15) is 0 Å². The van der Waals surface area contributed by atoms with Gasteiger partial charge in [-0.05, 0) is 25.1 Å². The van der Waals surface area contributed by atoms with Gasteiger partial charge >= 0.3 is 0 Å². The predicted molar refractivity (Wildman–Crippen MR) is 90.2 cm³/mol. The van der Waals surface area contributed by atoms with Crippen molar-refractivity contribution in [1.29, 1.82) is 0 Å². The van der Waals surface area contributed by atoms with Gasteiger partial charge in [-0.3, -0.25) is 4.79 Å². The van der Waals surface area contributed by atoms with Gasteiger partial charge in [0.05, 0.1) is 0 Å². The number of rotatable bonds is 3. The van der Waals surface area contributed by atoms with E-state index in [-0.39, 0.29) is 5.91 Å². The van der Waals surface area contributed by atoms with Gasteiger partial charge < -0.3 is 14.4 Å². The fourth-order valence-electron chi connectivity index (χ4n) is 2.75. The molecule has 1 aliphatic heterocycles. The Bertz CT molecular complexity index is 662. The molecule has 0 saturated carbocycles. The van der Waals surface area contributed by atoms with Crippen molar-refractivity contribution in [3.63, 3.8) is 0 Å². The second kappa shape index (κ2) is 6.52. The summed E-state index contributed by atoms with van der Waals surface area (Å²) in [5.41, 5.74) is 0.734. The molecule has 0 radical (unpaired) electrons. The second-order valence-electron chi connectivity index (χ2n) is 5.30.